The van der Waals surface area contributed by atoms with E-state index in [1.807, 2.05) is 68.4 Å². The standard InChI is InChI=1S/C23H29N3O2/c1-17(2)22(25-21(27)16-18-8-4-3-5-9-18)23(28)24-19-10-12-20(13-11-19)26-14-6-7-15-26/h3-5,8-13,17,22H,6-7,14-16H2,1-2H3,(H,24,28)(H,25,27)/t22-/m1/s1. The van der Waals surface area contributed by atoms with Gasteiger partial charge in [-0.05, 0) is 48.6 Å². The molecule has 1 fully saturated rings. The molecule has 0 unspecified atom stereocenters. The molecule has 2 amide bonds. The molecule has 2 aromatic carbocycles. The Kier molecular flexibility index (Phi) is 6.69. The Bertz CT molecular complexity index is 781. The fourth-order valence-electron chi connectivity index (χ4n) is 3.49. The number of hydrogen-bond donors (Lipinski definition) is 2. The zero-order valence-corrected chi connectivity index (χ0v) is 16.7. The Labute approximate surface area is 167 Å². The van der Waals surface area contributed by atoms with E-state index in [9.17, 15) is 9.59 Å². The van der Waals surface area contributed by atoms with Crippen LogP contribution in [0.4, 0.5) is 11.4 Å². The smallest absolute Gasteiger partial charge is 0.247 e. The summed E-state index contributed by atoms with van der Waals surface area (Å²) in [5, 5.41) is 5.82. The third-order valence-electron chi connectivity index (χ3n) is 5.08. The summed E-state index contributed by atoms with van der Waals surface area (Å²) in [5.41, 5.74) is 2.86. The predicted molar refractivity (Wildman–Crippen MR) is 113 cm³/mol. The molecule has 28 heavy (non-hydrogen) atoms. The molecule has 148 valence electrons. The minimum Gasteiger partial charge on any atom is -0.372 e. The molecule has 0 radical (unpaired) electrons. The zero-order valence-electron chi connectivity index (χ0n) is 16.7. The van der Waals surface area contributed by atoms with E-state index in [4.69, 9.17) is 0 Å². The van der Waals surface area contributed by atoms with Crippen molar-refractivity contribution in [2.45, 2.75) is 39.2 Å². The van der Waals surface area contributed by atoms with E-state index < -0.39 is 6.04 Å². The lowest BCUT2D eigenvalue weighted by Gasteiger charge is -2.22. The van der Waals surface area contributed by atoms with Crippen LogP contribution >= 0.6 is 0 Å². The van der Waals surface area contributed by atoms with Gasteiger partial charge in [-0.2, -0.15) is 0 Å². The highest BCUT2D eigenvalue weighted by Crippen LogP contribution is 2.22. The van der Waals surface area contributed by atoms with Crippen LogP contribution in [0.3, 0.4) is 0 Å². The van der Waals surface area contributed by atoms with E-state index in [2.05, 4.69) is 15.5 Å². The SMILES string of the molecule is CC(C)[C@@H](NC(=O)Cc1ccccc1)C(=O)Nc1ccc(N2CCCC2)cc1. The van der Waals surface area contributed by atoms with Crippen molar-refractivity contribution >= 4 is 23.2 Å². The van der Waals surface area contributed by atoms with Crippen LogP contribution < -0.4 is 15.5 Å². The number of carbonyl (C=O) groups is 2. The summed E-state index contributed by atoms with van der Waals surface area (Å²) in [7, 11) is 0. The van der Waals surface area contributed by atoms with E-state index in [1.165, 1.54) is 18.5 Å². The topological polar surface area (TPSA) is 61.4 Å². The van der Waals surface area contributed by atoms with Crippen LogP contribution in [0.5, 0.6) is 0 Å². The van der Waals surface area contributed by atoms with Crippen LogP contribution in [0.2, 0.25) is 0 Å². The van der Waals surface area contributed by atoms with Crippen molar-refractivity contribution in [3.63, 3.8) is 0 Å². The molecule has 5 heteroatoms. The molecule has 1 saturated heterocycles. The van der Waals surface area contributed by atoms with Crippen molar-refractivity contribution < 1.29 is 9.59 Å². The van der Waals surface area contributed by atoms with Gasteiger partial charge in [0.25, 0.3) is 0 Å². The number of anilines is 2. The van der Waals surface area contributed by atoms with Crippen molar-refractivity contribution in [2.75, 3.05) is 23.3 Å². The van der Waals surface area contributed by atoms with E-state index in [-0.39, 0.29) is 24.2 Å². The van der Waals surface area contributed by atoms with Gasteiger partial charge in [0, 0.05) is 24.5 Å². The maximum absolute atomic E-state index is 12.7. The summed E-state index contributed by atoms with van der Waals surface area (Å²) >= 11 is 0. The van der Waals surface area contributed by atoms with Gasteiger partial charge < -0.3 is 15.5 Å². The normalized spacial score (nSPS) is 14.8. The monoisotopic (exact) mass is 379 g/mol. The molecule has 1 aliphatic rings. The first kappa shape index (κ1) is 19.9. The maximum atomic E-state index is 12.7. The van der Waals surface area contributed by atoms with Crippen LogP contribution in [0, 0.1) is 5.92 Å². The number of nitrogens with zero attached hydrogens (tertiary/aromatic N) is 1. The average molecular weight is 380 g/mol. The number of carbonyl (C=O) groups excluding carboxylic acids is 2. The molecule has 3 rings (SSSR count). The minimum absolute atomic E-state index is 0.0106. The number of amides is 2. The van der Waals surface area contributed by atoms with E-state index in [0.717, 1.165) is 24.3 Å². The molecule has 2 N–H and O–H groups in total. The Morgan fingerprint density at radius 1 is 0.964 bits per heavy atom. The summed E-state index contributed by atoms with van der Waals surface area (Å²) < 4.78 is 0. The second-order valence-electron chi connectivity index (χ2n) is 7.68. The number of rotatable bonds is 7. The number of benzene rings is 2. The predicted octanol–water partition coefficient (Wildman–Crippen LogP) is 3.61. The molecule has 1 heterocycles. The molecule has 1 aliphatic heterocycles. The van der Waals surface area contributed by atoms with Crippen LogP contribution in [0.15, 0.2) is 54.6 Å². The van der Waals surface area contributed by atoms with E-state index in [0.29, 0.717) is 0 Å². The highest BCUT2D eigenvalue weighted by Gasteiger charge is 2.24. The van der Waals surface area contributed by atoms with E-state index >= 15 is 0 Å². The molecule has 0 bridgehead atoms. The van der Waals surface area contributed by atoms with Gasteiger partial charge in [0.15, 0.2) is 0 Å². The fraction of sp³-hybridized carbons (Fsp3) is 0.391. The Balaban J connectivity index is 1.58. The highest BCUT2D eigenvalue weighted by molar-refractivity contribution is 5.97. The Morgan fingerprint density at radius 3 is 2.21 bits per heavy atom. The van der Waals surface area contributed by atoms with Crippen molar-refractivity contribution in [3.8, 4) is 0 Å². The molecule has 0 saturated carbocycles. The lowest BCUT2D eigenvalue weighted by molar-refractivity contribution is -0.127. The third-order valence-corrected chi connectivity index (χ3v) is 5.08. The van der Waals surface area contributed by atoms with Gasteiger partial charge in [-0.15, -0.1) is 0 Å². The van der Waals surface area contributed by atoms with Crippen molar-refractivity contribution in [3.05, 3.63) is 60.2 Å². The van der Waals surface area contributed by atoms with Crippen molar-refractivity contribution in [1.29, 1.82) is 0 Å². The average Bonchev–Trinajstić information content (AvgIpc) is 3.22. The summed E-state index contributed by atoms with van der Waals surface area (Å²) in [5.74, 6) is -0.349. The lowest BCUT2D eigenvalue weighted by atomic mass is 10.0. The van der Waals surface area contributed by atoms with Crippen LogP contribution in [-0.2, 0) is 16.0 Å². The van der Waals surface area contributed by atoms with E-state index in [1.54, 1.807) is 0 Å². The Morgan fingerprint density at radius 2 is 1.61 bits per heavy atom. The molecule has 1 atom stereocenters. The van der Waals surface area contributed by atoms with Crippen molar-refractivity contribution in [1.82, 2.24) is 5.32 Å². The second kappa shape index (κ2) is 9.40. The first-order valence-corrected chi connectivity index (χ1v) is 10.0. The molecule has 2 aromatic rings. The maximum Gasteiger partial charge on any atom is 0.247 e. The first-order chi connectivity index (χ1) is 13.5. The largest absolute Gasteiger partial charge is 0.372 e. The van der Waals surface area contributed by atoms with Crippen LogP contribution in [0.25, 0.3) is 0 Å². The van der Waals surface area contributed by atoms with Gasteiger partial charge >= 0.3 is 0 Å². The molecule has 0 aromatic heterocycles. The van der Waals surface area contributed by atoms with Crippen molar-refractivity contribution in [2.24, 2.45) is 5.92 Å². The first-order valence-electron chi connectivity index (χ1n) is 10.0. The zero-order chi connectivity index (χ0) is 19.9. The lowest BCUT2D eigenvalue weighted by Crippen LogP contribution is -2.47. The molecule has 0 aliphatic carbocycles. The third kappa shape index (κ3) is 5.35. The summed E-state index contributed by atoms with van der Waals surface area (Å²) in [6.45, 7) is 6.05. The van der Waals surface area contributed by atoms with Gasteiger partial charge in [-0.3, -0.25) is 9.59 Å². The van der Waals surface area contributed by atoms with Crippen LogP contribution in [0.1, 0.15) is 32.3 Å². The molecule has 0 spiro atoms. The minimum atomic E-state index is -0.575. The second-order valence-corrected chi connectivity index (χ2v) is 7.68. The Hall–Kier alpha value is -2.82. The van der Waals surface area contributed by atoms with Gasteiger partial charge in [0.1, 0.15) is 6.04 Å². The van der Waals surface area contributed by atoms with Gasteiger partial charge in [-0.25, -0.2) is 0 Å². The van der Waals surface area contributed by atoms with Gasteiger partial charge in [0.05, 0.1) is 6.42 Å². The summed E-state index contributed by atoms with van der Waals surface area (Å²) in [6.07, 6.45) is 2.73. The number of nitrogens with one attached hydrogen (secondary N) is 2. The molecular weight excluding hydrogens is 350 g/mol. The van der Waals surface area contributed by atoms with Crippen LogP contribution in [-0.4, -0.2) is 30.9 Å². The fourth-order valence-corrected chi connectivity index (χ4v) is 3.49. The van der Waals surface area contributed by atoms with Gasteiger partial charge in [0.2, 0.25) is 11.8 Å². The summed E-state index contributed by atoms with van der Waals surface area (Å²) in [4.78, 5) is 27.5. The summed E-state index contributed by atoms with van der Waals surface area (Å²) in [6, 6.07) is 16.9. The molecular formula is C23H29N3O2. The van der Waals surface area contributed by atoms with Gasteiger partial charge in [-0.1, -0.05) is 44.2 Å². The number of hydrogen-bond acceptors (Lipinski definition) is 3. The highest BCUT2D eigenvalue weighted by atomic mass is 16.2. The molecule has 5 nitrogen and oxygen atoms in total. The quantitative estimate of drug-likeness (QED) is 0.773.